The number of rotatable bonds is 5. The third kappa shape index (κ3) is 4.35. The second-order valence-electron chi connectivity index (χ2n) is 6.07. The Balaban J connectivity index is 1.85. The Morgan fingerprint density at radius 1 is 1.11 bits per heavy atom. The van der Waals surface area contributed by atoms with E-state index in [1.807, 2.05) is 6.07 Å². The highest BCUT2D eigenvalue weighted by molar-refractivity contribution is 6.36. The summed E-state index contributed by atoms with van der Waals surface area (Å²) in [6.45, 7) is 1.74. The summed E-state index contributed by atoms with van der Waals surface area (Å²) < 4.78 is 13.8. The zero-order chi connectivity index (χ0) is 20.3. The lowest BCUT2D eigenvalue weighted by Crippen LogP contribution is -2.23. The van der Waals surface area contributed by atoms with Crippen molar-refractivity contribution in [1.29, 1.82) is 0 Å². The normalized spacial score (nSPS) is 11.7. The number of pyridine rings is 1. The molecule has 0 fully saturated rings. The van der Waals surface area contributed by atoms with Gasteiger partial charge in [0, 0.05) is 22.5 Å². The number of anilines is 2. The molecule has 1 heterocycles. The van der Waals surface area contributed by atoms with Crippen LogP contribution in [0.4, 0.5) is 15.8 Å². The molecule has 0 aliphatic heterocycles. The van der Waals surface area contributed by atoms with Gasteiger partial charge in [0.2, 0.25) is 0 Å². The molecule has 0 saturated heterocycles. The Labute approximate surface area is 170 Å². The Bertz CT molecular complexity index is 1070. The standard InChI is InChI=1S/C20H16Cl2FN3O2/c1-11(17-15(21)7-8-16(23)18(17)22)25-13-9-14(19(27)24-10-13)20(28)26-12-5-3-2-4-6-12/h2-11,25H,1H3,(H,24,27)(H,26,28)/t11-/m1/s1. The number of amides is 1. The van der Waals surface area contributed by atoms with Crippen molar-refractivity contribution in [2.24, 2.45) is 0 Å². The van der Waals surface area contributed by atoms with E-state index in [-0.39, 0.29) is 10.6 Å². The Kier molecular flexibility index (Phi) is 6.02. The molecular formula is C20H16Cl2FN3O2. The van der Waals surface area contributed by atoms with Gasteiger partial charge in [-0.3, -0.25) is 9.59 Å². The summed E-state index contributed by atoms with van der Waals surface area (Å²) in [7, 11) is 0. The van der Waals surface area contributed by atoms with Gasteiger partial charge in [-0.2, -0.15) is 0 Å². The van der Waals surface area contributed by atoms with Crippen molar-refractivity contribution < 1.29 is 9.18 Å². The Morgan fingerprint density at radius 3 is 2.54 bits per heavy atom. The predicted octanol–water partition coefficient (Wildman–Crippen LogP) is 5.25. The first-order valence-corrected chi connectivity index (χ1v) is 9.11. The van der Waals surface area contributed by atoms with Gasteiger partial charge >= 0.3 is 0 Å². The van der Waals surface area contributed by atoms with Crippen LogP contribution in [0.2, 0.25) is 10.0 Å². The molecule has 0 saturated carbocycles. The second-order valence-corrected chi connectivity index (χ2v) is 6.86. The third-order valence-corrected chi connectivity index (χ3v) is 4.79. The molecule has 3 rings (SSSR count). The van der Waals surface area contributed by atoms with Crippen molar-refractivity contribution in [1.82, 2.24) is 4.98 Å². The average molecular weight is 420 g/mol. The van der Waals surface area contributed by atoms with Gasteiger partial charge in [0.1, 0.15) is 11.4 Å². The average Bonchev–Trinajstić information content (AvgIpc) is 2.67. The number of halogens is 3. The summed E-state index contributed by atoms with van der Waals surface area (Å²) in [4.78, 5) is 27.0. The highest BCUT2D eigenvalue weighted by Crippen LogP contribution is 2.33. The quantitative estimate of drug-likeness (QED) is 0.494. The zero-order valence-corrected chi connectivity index (χ0v) is 16.2. The van der Waals surface area contributed by atoms with E-state index < -0.39 is 23.3 Å². The summed E-state index contributed by atoms with van der Waals surface area (Å²) in [6, 6.07) is 12.3. The van der Waals surface area contributed by atoms with Gasteiger partial charge in [0.15, 0.2) is 0 Å². The van der Waals surface area contributed by atoms with Crippen LogP contribution in [0.1, 0.15) is 28.9 Å². The maximum atomic E-state index is 13.8. The van der Waals surface area contributed by atoms with Crippen LogP contribution in [0.15, 0.2) is 59.5 Å². The molecule has 0 unspecified atom stereocenters. The lowest BCUT2D eigenvalue weighted by molar-refractivity contribution is 0.102. The molecule has 1 atom stereocenters. The van der Waals surface area contributed by atoms with Crippen molar-refractivity contribution in [2.45, 2.75) is 13.0 Å². The monoisotopic (exact) mass is 419 g/mol. The van der Waals surface area contributed by atoms with Crippen molar-refractivity contribution in [3.05, 3.63) is 92.1 Å². The highest BCUT2D eigenvalue weighted by atomic mass is 35.5. The molecular weight excluding hydrogens is 404 g/mol. The van der Waals surface area contributed by atoms with Gasteiger partial charge in [-0.05, 0) is 37.3 Å². The van der Waals surface area contributed by atoms with Crippen molar-refractivity contribution in [2.75, 3.05) is 10.6 Å². The molecule has 144 valence electrons. The number of aromatic nitrogens is 1. The number of aromatic amines is 1. The van der Waals surface area contributed by atoms with Crippen molar-refractivity contribution >= 4 is 40.5 Å². The van der Waals surface area contributed by atoms with E-state index in [2.05, 4.69) is 15.6 Å². The summed E-state index contributed by atoms with van der Waals surface area (Å²) in [5.74, 6) is -1.13. The number of H-pyrrole nitrogens is 1. The molecule has 0 radical (unpaired) electrons. The van der Waals surface area contributed by atoms with Crippen LogP contribution in [0.25, 0.3) is 0 Å². The van der Waals surface area contributed by atoms with Gasteiger partial charge in [-0.1, -0.05) is 41.4 Å². The predicted molar refractivity (Wildman–Crippen MR) is 110 cm³/mol. The summed E-state index contributed by atoms with van der Waals surface area (Å²) >= 11 is 12.2. The van der Waals surface area contributed by atoms with Gasteiger partial charge in [-0.15, -0.1) is 0 Å². The first kappa shape index (κ1) is 19.9. The molecule has 8 heteroatoms. The van der Waals surface area contributed by atoms with E-state index in [1.165, 1.54) is 24.4 Å². The zero-order valence-electron chi connectivity index (χ0n) is 14.7. The van der Waals surface area contributed by atoms with E-state index in [0.717, 1.165) is 0 Å². The molecule has 28 heavy (non-hydrogen) atoms. The molecule has 2 aromatic carbocycles. The molecule has 5 nitrogen and oxygen atoms in total. The number of carbonyl (C=O) groups is 1. The van der Waals surface area contributed by atoms with Crippen LogP contribution in [0, 0.1) is 5.82 Å². The van der Waals surface area contributed by atoms with Gasteiger partial charge in [-0.25, -0.2) is 4.39 Å². The first-order valence-electron chi connectivity index (χ1n) is 8.36. The van der Waals surface area contributed by atoms with Crippen LogP contribution >= 0.6 is 23.2 Å². The summed E-state index contributed by atoms with van der Waals surface area (Å²) in [5.41, 5.74) is 0.787. The fourth-order valence-electron chi connectivity index (χ4n) is 2.72. The number of hydrogen-bond donors (Lipinski definition) is 3. The molecule has 0 aliphatic rings. The van der Waals surface area contributed by atoms with E-state index in [4.69, 9.17) is 23.2 Å². The lowest BCUT2D eigenvalue weighted by atomic mass is 10.1. The minimum absolute atomic E-state index is 0.0718. The van der Waals surface area contributed by atoms with Crippen LogP contribution in [-0.2, 0) is 0 Å². The third-order valence-electron chi connectivity index (χ3n) is 4.08. The maximum absolute atomic E-state index is 13.8. The van der Waals surface area contributed by atoms with Crippen LogP contribution in [-0.4, -0.2) is 10.9 Å². The van der Waals surface area contributed by atoms with E-state index in [9.17, 15) is 14.0 Å². The topological polar surface area (TPSA) is 74.0 Å². The Hall–Kier alpha value is -2.83. The molecule has 0 bridgehead atoms. The van der Waals surface area contributed by atoms with Crippen LogP contribution in [0.3, 0.4) is 0 Å². The Morgan fingerprint density at radius 2 is 1.82 bits per heavy atom. The van der Waals surface area contributed by atoms with Gasteiger partial charge in [0.25, 0.3) is 11.5 Å². The second kappa shape index (κ2) is 8.46. The summed E-state index contributed by atoms with van der Waals surface area (Å²) in [6.07, 6.45) is 1.42. The molecule has 3 aromatic rings. The number of benzene rings is 2. The maximum Gasteiger partial charge on any atom is 0.261 e. The fraction of sp³-hybridized carbons (Fsp3) is 0.100. The number of carbonyl (C=O) groups excluding carboxylic acids is 1. The minimum Gasteiger partial charge on any atom is -0.377 e. The van der Waals surface area contributed by atoms with Crippen LogP contribution < -0.4 is 16.2 Å². The SMILES string of the molecule is C[C@@H](Nc1c[nH]c(=O)c(C(=O)Nc2ccccc2)c1)c1c(Cl)ccc(F)c1Cl. The molecule has 0 aliphatic carbocycles. The largest absolute Gasteiger partial charge is 0.377 e. The number of hydrogen-bond acceptors (Lipinski definition) is 3. The smallest absolute Gasteiger partial charge is 0.261 e. The highest BCUT2D eigenvalue weighted by Gasteiger charge is 2.18. The van der Waals surface area contributed by atoms with E-state index in [0.29, 0.717) is 22.0 Å². The van der Waals surface area contributed by atoms with E-state index in [1.54, 1.807) is 31.2 Å². The van der Waals surface area contributed by atoms with Gasteiger partial charge < -0.3 is 15.6 Å². The molecule has 1 amide bonds. The number of para-hydroxylation sites is 1. The first-order chi connectivity index (χ1) is 13.4. The minimum atomic E-state index is -0.584. The lowest BCUT2D eigenvalue weighted by Gasteiger charge is -2.19. The molecule has 0 spiro atoms. The van der Waals surface area contributed by atoms with Crippen molar-refractivity contribution in [3.8, 4) is 0 Å². The summed E-state index contributed by atoms with van der Waals surface area (Å²) in [5, 5.41) is 5.95. The van der Waals surface area contributed by atoms with Gasteiger partial charge in [0.05, 0.1) is 16.8 Å². The van der Waals surface area contributed by atoms with Crippen molar-refractivity contribution in [3.63, 3.8) is 0 Å². The fourth-order valence-corrected chi connectivity index (χ4v) is 3.42. The van der Waals surface area contributed by atoms with E-state index >= 15 is 0 Å². The van der Waals surface area contributed by atoms with Crippen LogP contribution in [0.5, 0.6) is 0 Å². The molecule has 3 N–H and O–H groups in total. The number of nitrogens with one attached hydrogen (secondary N) is 3. The molecule has 1 aromatic heterocycles.